The van der Waals surface area contributed by atoms with E-state index in [1.54, 1.807) is 0 Å². The first-order valence-electron chi connectivity index (χ1n) is 5.27. The Morgan fingerprint density at radius 1 is 1.60 bits per heavy atom. The summed E-state index contributed by atoms with van der Waals surface area (Å²) in [7, 11) is 0. The fraction of sp³-hybridized carbons (Fsp3) is 0.417. The summed E-state index contributed by atoms with van der Waals surface area (Å²) in [5.41, 5.74) is 0.767. The third-order valence-electron chi connectivity index (χ3n) is 2.85. The molecule has 2 atom stereocenters. The van der Waals surface area contributed by atoms with E-state index < -0.39 is 0 Å². The van der Waals surface area contributed by atoms with Crippen molar-refractivity contribution in [3.8, 4) is 0 Å². The van der Waals surface area contributed by atoms with Crippen LogP contribution in [-0.4, -0.2) is 11.9 Å². The van der Waals surface area contributed by atoms with Crippen LogP contribution in [0.5, 0.6) is 0 Å². The van der Waals surface area contributed by atoms with Crippen molar-refractivity contribution in [2.24, 2.45) is 5.92 Å². The average molecular weight is 315 g/mol. The first-order valence-corrected chi connectivity index (χ1v) is 6.35. The van der Waals surface area contributed by atoms with Gasteiger partial charge in [-0.15, -0.1) is 0 Å². The van der Waals surface area contributed by atoms with Gasteiger partial charge in [-0.05, 0) is 53.1 Å². The smallest absolute Gasteiger partial charge is 0.251 e. The van der Waals surface area contributed by atoms with E-state index in [0.29, 0.717) is 12.0 Å². The Labute approximate surface area is 104 Å². The molecule has 1 aromatic rings. The van der Waals surface area contributed by atoms with Gasteiger partial charge < -0.3 is 5.32 Å². The summed E-state index contributed by atoms with van der Waals surface area (Å²) >= 11 is 2.22. The van der Waals surface area contributed by atoms with Crippen molar-refractivity contribution in [3.05, 3.63) is 33.4 Å². The molecule has 1 amide bonds. The van der Waals surface area contributed by atoms with Gasteiger partial charge in [0, 0.05) is 15.2 Å². The van der Waals surface area contributed by atoms with Crippen molar-refractivity contribution in [1.29, 1.82) is 0 Å². The fourth-order valence-corrected chi connectivity index (χ4v) is 2.30. The fourth-order valence-electron chi connectivity index (χ4n) is 1.76. The summed E-state index contributed by atoms with van der Waals surface area (Å²) in [5.74, 6) is 0.770. The summed E-state index contributed by atoms with van der Waals surface area (Å²) in [5, 5.41) is 3.06. The van der Waals surface area contributed by atoms with Crippen LogP contribution in [0.15, 0.2) is 24.3 Å². The van der Waals surface area contributed by atoms with Crippen LogP contribution in [0.3, 0.4) is 0 Å². The lowest BCUT2D eigenvalue weighted by atomic mass is 10.2. The van der Waals surface area contributed by atoms with Crippen LogP contribution >= 0.6 is 22.6 Å². The summed E-state index contributed by atoms with van der Waals surface area (Å²) in [4.78, 5) is 11.8. The van der Waals surface area contributed by atoms with E-state index in [-0.39, 0.29) is 5.91 Å². The second kappa shape index (κ2) is 4.51. The highest BCUT2D eigenvalue weighted by molar-refractivity contribution is 14.1. The van der Waals surface area contributed by atoms with Crippen molar-refractivity contribution < 1.29 is 4.79 Å². The molecule has 1 aromatic carbocycles. The van der Waals surface area contributed by atoms with Crippen molar-refractivity contribution in [1.82, 2.24) is 5.32 Å². The molecule has 0 bridgehead atoms. The standard InChI is InChI=1S/C12H14INO/c1-2-8-7-11(8)14-12(15)9-4-3-5-10(13)6-9/h3-6,8,11H,2,7H2,1H3,(H,14,15). The Balaban J connectivity index is 1.97. The van der Waals surface area contributed by atoms with Crippen LogP contribution in [-0.2, 0) is 0 Å². The second-order valence-corrected chi connectivity index (χ2v) is 5.24. The molecule has 0 aromatic heterocycles. The van der Waals surface area contributed by atoms with Gasteiger partial charge in [0.05, 0.1) is 0 Å². The predicted octanol–water partition coefficient (Wildman–Crippen LogP) is 2.82. The summed E-state index contributed by atoms with van der Waals surface area (Å²) < 4.78 is 1.10. The topological polar surface area (TPSA) is 29.1 Å². The van der Waals surface area contributed by atoms with Crippen LogP contribution < -0.4 is 5.32 Å². The van der Waals surface area contributed by atoms with Crippen molar-refractivity contribution in [2.75, 3.05) is 0 Å². The van der Waals surface area contributed by atoms with Gasteiger partial charge in [0.25, 0.3) is 5.91 Å². The van der Waals surface area contributed by atoms with Crippen LogP contribution in [0.4, 0.5) is 0 Å². The Kier molecular flexibility index (Phi) is 3.29. The molecule has 80 valence electrons. The number of nitrogens with one attached hydrogen (secondary N) is 1. The highest BCUT2D eigenvalue weighted by Crippen LogP contribution is 2.33. The molecule has 3 heteroatoms. The zero-order valence-corrected chi connectivity index (χ0v) is 10.8. The number of halogens is 1. The maximum Gasteiger partial charge on any atom is 0.251 e. The third-order valence-corrected chi connectivity index (χ3v) is 3.52. The van der Waals surface area contributed by atoms with Crippen LogP contribution in [0.2, 0.25) is 0 Å². The van der Waals surface area contributed by atoms with E-state index in [1.165, 1.54) is 0 Å². The van der Waals surface area contributed by atoms with Crippen LogP contribution in [0, 0.1) is 9.49 Å². The molecule has 2 rings (SSSR count). The zero-order chi connectivity index (χ0) is 10.8. The minimum atomic E-state index is 0.0643. The minimum absolute atomic E-state index is 0.0643. The summed E-state index contributed by atoms with van der Waals surface area (Å²) in [6.45, 7) is 2.17. The Hall–Kier alpha value is -0.580. The van der Waals surface area contributed by atoms with Gasteiger partial charge in [0.1, 0.15) is 0 Å². The molecule has 1 aliphatic rings. The van der Waals surface area contributed by atoms with E-state index in [9.17, 15) is 4.79 Å². The van der Waals surface area contributed by atoms with Gasteiger partial charge in [0.2, 0.25) is 0 Å². The molecule has 2 unspecified atom stereocenters. The van der Waals surface area contributed by atoms with E-state index in [4.69, 9.17) is 0 Å². The molecule has 0 spiro atoms. The number of benzene rings is 1. The Morgan fingerprint density at radius 3 is 3.00 bits per heavy atom. The van der Waals surface area contributed by atoms with E-state index in [0.717, 1.165) is 22.0 Å². The highest BCUT2D eigenvalue weighted by atomic mass is 127. The lowest BCUT2D eigenvalue weighted by Gasteiger charge is -2.04. The van der Waals surface area contributed by atoms with Gasteiger partial charge in [-0.2, -0.15) is 0 Å². The molecular weight excluding hydrogens is 301 g/mol. The molecule has 1 saturated carbocycles. The first kappa shape index (κ1) is 10.9. The molecular formula is C12H14INO. The molecule has 0 aliphatic heterocycles. The maximum absolute atomic E-state index is 11.8. The van der Waals surface area contributed by atoms with Gasteiger partial charge >= 0.3 is 0 Å². The Bertz CT molecular complexity index is 378. The van der Waals surface area contributed by atoms with Gasteiger partial charge in [-0.3, -0.25) is 4.79 Å². The monoisotopic (exact) mass is 315 g/mol. The average Bonchev–Trinajstić information content (AvgIpc) is 2.96. The zero-order valence-electron chi connectivity index (χ0n) is 8.66. The predicted molar refractivity (Wildman–Crippen MR) is 68.8 cm³/mol. The molecule has 1 N–H and O–H groups in total. The minimum Gasteiger partial charge on any atom is -0.349 e. The van der Waals surface area contributed by atoms with Crippen molar-refractivity contribution >= 4 is 28.5 Å². The van der Waals surface area contributed by atoms with E-state index in [2.05, 4.69) is 34.8 Å². The quantitative estimate of drug-likeness (QED) is 0.854. The molecule has 0 heterocycles. The number of carbonyl (C=O) groups is 1. The molecule has 1 fully saturated rings. The van der Waals surface area contributed by atoms with Crippen molar-refractivity contribution in [3.63, 3.8) is 0 Å². The summed E-state index contributed by atoms with van der Waals surface area (Å²) in [6.07, 6.45) is 2.31. The largest absolute Gasteiger partial charge is 0.349 e. The van der Waals surface area contributed by atoms with Gasteiger partial charge in [-0.25, -0.2) is 0 Å². The normalized spacial score (nSPS) is 23.6. The van der Waals surface area contributed by atoms with E-state index in [1.807, 2.05) is 24.3 Å². The van der Waals surface area contributed by atoms with Crippen LogP contribution in [0.25, 0.3) is 0 Å². The summed E-state index contributed by atoms with van der Waals surface area (Å²) in [6, 6.07) is 8.10. The van der Waals surface area contributed by atoms with Crippen LogP contribution in [0.1, 0.15) is 30.1 Å². The molecule has 0 saturated heterocycles. The lowest BCUT2D eigenvalue weighted by Crippen LogP contribution is -2.26. The number of hydrogen-bond donors (Lipinski definition) is 1. The first-order chi connectivity index (χ1) is 7.20. The number of amides is 1. The number of hydrogen-bond acceptors (Lipinski definition) is 1. The molecule has 15 heavy (non-hydrogen) atoms. The number of carbonyl (C=O) groups excluding carboxylic acids is 1. The molecule has 1 aliphatic carbocycles. The van der Waals surface area contributed by atoms with E-state index >= 15 is 0 Å². The lowest BCUT2D eigenvalue weighted by molar-refractivity contribution is 0.0949. The second-order valence-electron chi connectivity index (χ2n) is 3.99. The highest BCUT2D eigenvalue weighted by Gasteiger charge is 2.36. The van der Waals surface area contributed by atoms with Gasteiger partial charge in [-0.1, -0.05) is 19.4 Å². The third kappa shape index (κ3) is 2.71. The van der Waals surface area contributed by atoms with Gasteiger partial charge in [0.15, 0.2) is 0 Å². The SMILES string of the molecule is CCC1CC1NC(=O)c1cccc(I)c1. The van der Waals surface area contributed by atoms with Crippen molar-refractivity contribution in [2.45, 2.75) is 25.8 Å². The number of rotatable bonds is 3. The maximum atomic E-state index is 11.8. The molecule has 0 radical (unpaired) electrons. The molecule has 2 nitrogen and oxygen atoms in total. The Morgan fingerprint density at radius 2 is 2.40 bits per heavy atom.